The molecule has 1 N–H and O–H groups in total. The zero-order valence-electron chi connectivity index (χ0n) is 10.6. The SMILES string of the molecule is CC1CNCCN1S(=O)(=O)c1c(F)cc(F)cc1F.Cl. The van der Waals surface area contributed by atoms with Crippen molar-refractivity contribution in [3.63, 3.8) is 0 Å². The number of hydrogen-bond acceptors (Lipinski definition) is 3. The zero-order valence-corrected chi connectivity index (χ0v) is 12.2. The zero-order chi connectivity index (χ0) is 14.2. The fraction of sp³-hybridized carbons (Fsp3) is 0.455. The summed E-state index contributed by atoms with van der Waals surface area (Å²) < 4.78 is 65.5. The van der Waals surface area contributed by atoms with Crippen molar-refractivity contribution in [2.75, 3.05) is 19.6 Å². The lowest BCUT2D eigenvalue weighted by atomic mass is 10.3. The molecule has 1 unspecified atom stereocenters. The van der Waals surface area contributed by atoms with Crippen molar-refractivity contribution < 1.29 is 21.6 Å². The van der Waals surface area contributed by atoms with E-state index in [0.29, 0.717) is 25.2 Å². The number of piperazine rings is 1. The Hall–Kier alpha value is -0.830. The van der Waals surface area contributed by atoms with E-state index < -0.39 is 38.4 Å². The summed E-state index contributed by atoms with van der Waals surface area (Å²) in [5.74, 6) is -3.98. The highest BCUT2D eigenvalue weighted by atomic mass is 35.5. The lowest BCUT2D eigenvalue weighted by molar-refractivity contribution is 0.281. The van der Waals surface area contributed by atoms with Crippen LogP contribution in [0.25, 0.3) is 0 Å². The van der Waals surface area contributed by atoms with E-state index in [1.54, 1.807) is 6.92 Å². The van der Waals surface area contributed by atoms with Crippen molar-refractivity contribution in [3.05, 3.63) is 29.6 Å². The van der Waals surface area contributed by atoms with Gasteiger partial charge in [-0.25, -0.2) is 21.6 Å². The molecule has 0 bridgehead atoms. The number of rotatable bonds is 2. The van der Waals surface area contributed by atoms with E-state index in [1.165, 1.54) is 0 Å². The average molecular weight is 331 g/mol. The van der Waals surface area contributed by atoms with Gasteiger partial charge in [0.25, 0.3) is 0 Å². The molecule has 20 heavy (non-hydrogen) atoms. The van der Waals surface area contributed by atoms with Gasteiger partial charge < -0.3 is 5.32 Å². The van der Waals surface area contributed by atoms with E-state index in [9.17, 15) is 21.6 Å². The number of halogens is 4. The average Bonchev–Trinajstić information content (AvgIpc) is 2.27. The summed E-state index contributed by atoms with van der Waals surface area (Å²) in [6.07, 6.45) is 0. The highest BCUT2D eigenvalue weighted by molar-refractivity contribution is 7.89. The Balaban J connectivity index is 0.00000200. The topological polar surface area (TPSA) is 49.4 Å². The van der Waals surface area contributed by atoms with Crippen LogP contribution in [0.2, 0.25) is 0 Å². The van der Waals surface area contributed by atoms with E-state index in [4.69, 9.17) is 0 Å². The van der Waals surface area contributed by atoms with Crippen LogP contribution >= 0.6 is 12.4 Å². The number of sulfonamides is 1. The van der Waals surface area contributed by atoms with Gasteiger partial charge in [-0.1, -0.05) is 0 Å². The number of nitrogens with zero attached hydrogens (tertiary/aromatic N) is 1. The van der Waals surface area contributed by atoms with Crippen LogP contribution in [0.3, 0.4) is 0 Å². The molecule has 1 aromatic carbocycles. The number of benzene rings is 1. The van der Waals surface area contributed by atoms with Crippen molar-refractivity contribution in [2.24, 2.45) is 0 Å². The van der Waals surface area contributed by atoms with Crippen LogP contribution in [-0.4, -0.2) is 38.4 Å². The van der Waals surface area contributed by atoms with Gasteiger partial charge in [-0.15, -0.1) is 12.4 Å². The molecule has 0 radical (unpaired) electrons. The lowest BCUT2D eigenvalue weighted by Gasteiger charge is -2.32. The highest BCUT2D eigenvalue weighted by Crippen LogP contribution is 2.25. The van der Waals surface area contributed by atoms with Crippen LogP contribution < -0.4 is 5.32 Å². The van der Waals surface area contributed by atoms with Crippen LogP contribution in [0.5, 0.6) is 0 Å². The molecule has 114 valence electrons. The first-order valence-corrected chi connectivity index (χ1v) is 7.15. The highest BCUT2D eigenvalue weighted by Gasteiger charge is 2.35. The summed E-state index contributed by atoms with van der Waals surface area (Å²) in [4.78, 5) is -1.09. The maximum absolute atomic E-state index is 13.6. The predicted molar refractivity (Wildman–Crippen MR) is 69.8 cm³/mol. The maximum atomic E-state index is 13.6. The van der Waals surface area contributed by atoms with E-state index in [0.717, 1.165) is 4.31 Å². The fourth-order valence-electron chi connectivity index (χ4n) is 2.07. The fourth-order valence-corrected chi connectivity index (χ4v) is 3.80. The van der Waals surface area contributed by atoms with Crippen LogP contribution in [-0.2, 0) is 10.0 Å². The molecular weight excluding hydrogens is 317 g/mol. The molecule has 0 saturated carbocycles. The third-order valence-electron chi connectivity index (χ3n) is 2.97. The van der Waals surface area contributed by atoms with Gasteiger partial charge >= 0.3 is 0 Å². The van der Waals surface area contributed by atoms with E-state index in [-0.39, 0.29) is 19.0 Å². The molecule has 1 aromatic rings. The second-order valence-electron chi connectivity index (χ2n) is 4.37. The van der Waals surface area contributed by atoms with Gasteiger partial charge in [-0.05, 0) is 6.92 Å². The minimum Gasteiger partial charge on any atom is -0.314 e. The molecule has 1 fully saturated rings. The normalized spacial score (nSPS) is 20.5. The third kappa shape index (κ3) is 3.08. The summed E-state index contributed by atoms with van der Waals surface area (Å²) in [7, 11) is -4.31. The largest absolute Gasteiger partial charge is 0.314 e. The molecule has 1 saturated heterocycles. The standard InChI is InChI=1S/C11H13F3N2O2S.ClH/c1-7-6-15-2-3-16(7)19(17,18)11-9(13)4-8(12)5-10(11)14;/h4-5,7,15H,2-3,6H2,1H3;1H. The van der Waals surface area contributed by atoms with Crippen molar-refractivity contribution in [1.82, 2.24) is 9.62 Å². The molecular formula is C11H14ClF3N2O2S. The van der Waals surface area contributed by atoms with Crippen LogP contribution in [0.1, 0.15) is 6.92 Å². The third-order valence-corrected chi connectivity index (χ3v) is 5.04. The van der Waals surface area contributed by atoms with Crippen LogP contribution in [0.15, 0.2) is 17.0 Å². The molecule has 4 nitrogen and oxygen atoms in total. The molecule has 0 spiro atoms. The Morgan fingerprint density at radius 2 is 1.80 bits per heavy atom. The van der Waals surface area contributed by atoms with Crippen molar-refractivity contribution >= 4 is 22.4 Å². The minimum atomic E-state index is -4.31. The van der Waals surface area contributed by atoms with Gasteiger partial charge in [0.1, 0.15) is 17.5 Å². The molecule has 9 heteroatoms. The van der Waals surface area contributed by atoms with Gasteiger partial charge in [0, 0.05) is 37.8 Å². The van der Waals surface area contributed by atoms with Gasteiger partial charge in [-0.2, -0.15) is 4.31 Å². The summed E-state index contributed by atoms with van der Waals surface area (Å²) in [5.41, 5.74) is 0. The maximum Gasteiger partial charge on any atom is 0.249 e. The van der Waals surface area contributed by atoms with Crippen LogP contribution in [0.4, 0.5) is 13.2 Å². The molecule has 0 aromatic heterocycles. The summed E-state index contributed by atoms with van der Waals surface area (Å²) in [5, 5.41) is 2.97. The molecule has 0 aliphatic carbocycles. The monoisotopic (exact) mass is 330 g/mol. The number of nitrogens with one attached hydrogen (secondary N) is 1. The van der Waals surface area contributed by atoms with Crippen molar-refractivity contribution in [2.45, 2.75) is 17.9 Å². The Kier molecular flexibility index (Phi) is 5.42. The summed E-state index contributed by atoms with van der Waals surface area (Å²) >= 11 is 0. The molecule has 1 heterocycles. The Labute approximate surface area is 121 Å². The molecule has 1 aliphatic heterocycles. The van der Waals surface area contributed by atoms with E-state index in [2.05, 4.69) is 5.32 Å². The van der Waals surface area contributed by atoms with Crippen molar-refractivity contribution in [1.29, 1.82) is 0 Å². The Morgan fingerprint density at radius 3 is 2.30 bits per heavy atom. The first-order chi connectivity index (χ1) is 8.84. The quantitative estimate of drug-likeness (QED) is 0.894. The first kappa shape index (κ1) is 17.2. The molecule has 1 aliphatic rings. The summed E-state index contributed by atoms with van der Waals surface area (Å²) in [6.45, 7) is 2.53. The van der Waals surface area contributed by atoms with Gasteiger partial charge in [0.2, 0.25) is 10.0 Å². The van der Waals surface area contributed by atoms with Gasteiger partial charge in [-0.3, -0.25) is 0 Å². The molecule has 2 rings (SSSR count). The van der Waals surface area contributed by atoms with Crippen LogP contribution in [0, 0.1) is 17.5 Å². The van der Waals surface area contributed by atoms with E-state index >= 15 is 0 Å². The summed E-state index contributed by atoms with van der Waals surface area (Å²) in [6, 6.07) is 0.300. The van der Waals surface area contributed by atoms with Gasteiger partial charge in [0.15, 0.2) is 4.90 Å². The number of hydrogen-bond donors (Lipinski definition) is 1. The van der Waals surface area contributed by atoms with E-state index in [1.807, 2.05) is 0 Å². The predicted octanol–water partition coefficient (Wildman–Crippen LogP) is 1.51. The molecule has 0 amide bonds. The minimum absolute atomic E-state index is 0. The smallest absolute Gasteiger partial charge is 0.249 e. The van der Waals surface area contributed by atoms with Gasteiger partial charge in [0.05, 0.1) is 0 Å². The Bertz CT molecular complexity index is 574. The first-order valence-electron chi connectivity index (χ1n) is 5.71. The second-order valence-corrected chi connectivity index (χ2v) is 6.19. The Morgan fingerprint density at radius 1 is 1.25 bits per heavy atom. The lowest BCUT2D eigenvalue weighted by Crippen LogP contribution is -2.52. The second kappa shape index (κ2) is 6.30. The molecule has 1 atom stereocenters. The van der Waals surface area contributed by atoms with Crippen molar-refractivity contribution in [3.8, 4) is 0 Å².